The van der Waals surface area contributed by atoms with Crippen LogP contribution in [-0.2, 0) is 11.3 Å². The lowest BCUT2D eigenvalue weighted by Gasteiger charge is -2.23. The molecule has 1 atom stereocenters. The lowest BCUT2D eigenvalue weighted by molar-refractivity contribution is -0.0366. The average Bonchev–Trinajstić information content (AvgIpc) is 3.32. The van der Waals surface area contributed by atoms with Crippen molar-refractivity contribution in [2.75, 3.05) is 26.1 Å². The van der Waals surface area contributed by atoms with Gasteiger partial charge in [-0.1, -0.05) is 0 Å². The number of fused-ring (bicyclic) bond motifs is 1. The predicted molar refractivity (Wildman–Crippen MR) is 126 cm³/mol. The summed E-state index contributed by atoms with van der Waals surface area (Å²) in [5.41, 5.74) is 3.85. The molecule has 1 aliphatic heterocycles. The zero-order chi connectivity index (χ0) is 22.6. The van der Waals surface area contributed by atoms with Gasteiger partial charge in [-0.15, -0.1) is 0 Å². The Morgan fingerprint density at radius 3 is 2.73 bits per heavy atom. The second kappa shape index (κ2) is 9.46. The monoisotopic (exact) mass is 445 g/mol. The number of nitrogens with zero attached hydrogens (tertiary/aromatic N) is 4. The first-order valence-corrected chi connectivity index (χ1v) is 11.1. The van der Waals surface area contributed by atoms with E-state index in [4.69, 9.17) is 19.2 Å². The molecule has 0 amide bonds. The Hall–Kier alpha value is -3.65. The van der Waals surface area contributed by atoms with E-state index in [1.165, 1.54) is 0 Å². The summed E-state index contributed by atoms with van der Waals surface area (Å²) < 4.78 is 18.9. The van der Waals surface area contributed by atoms with Crippen molar-refractivity contribution in [1.82, 2.24) is 19.7 Å². The van der Waals surface area contributed by atoms with Crippen LogP contribution in [0.5, 0.6) is 11.5 Å². The maximum absolute atomic E-state index is 6.02. The van der Waals surface area contributed by atoms with Gasteiger partial charge in [0.05, 0.1) is 37.0 Å². The van der Waals surface area contributed by atoms with Crippen LogP contribution in [0.4, 0.5) is 5.82 Å². The van der Waals surface area contributed by atoms with Crippen molar-refractivity contribution in [1.29, 1.82) is 0 Å². The zero-order valence-corrected chi connectivity index (χ0v) is 18.8. The minimum atomic E-state index is -0.0570. The number of methoxy groups -OCH3 is 2. The van der Waals surface area contributed by atoms with Crippen LogP contribution < -0.4 is 14.8 Å². The fourth-order valence-corrected chi connectivity index (χ4v) is 4.17. The first-order valence-electron chi connectivity index (χ1n) is 11.1. The van der Waals surface area contributed by atoms with E-state index in [0.717, 1.165) is 70.9 Å². The van der Waals surface area contributed by atoms with Gasteiger partial charge in [-0.3, -0.25) is 4.98 Å². The summed E-state index contributed by atoms with van der Waals surface area (Å²) in [7, 11) is 3.30. The molecule has 1 aromatic carbocycles. The molecule has 1 N–H and O–H groups in total. The van der Waals surface area contributed by atoms with Gasteiger partial charge < -0.3 is 19.5 Å². The van der Waals surface area contributed by atoms with Crippen molar-refractivity contribution >= 4 is 16.7 Å². The highest BCUT2D eigenvalue weighted by molar-refractivity contribution is 5.92. The molecular weight excluding hydrogens is 418 g/mol. The molecule has 0 radical (unpaired) electrons. The molecule has 5 rings (SSSR count). The van der Waals surface area contributed by atoms with Gasteiger partial charge in [0.15, 0.2) is 6.23 Å². The number of nitrogens with one attached hydrogen (secondary N) is 1. The minimum absolute atomic E-state index is 0.0570. The van der Waals surface area contributed by atoms with E-state index in [1.807, 2.05) is 41.2 Å². The molecule has 1 fully saturated rings. The van der Waals surface area contributed by atoms with Crippen molar-refractivity contribution in [3.63, 3.8) is 0 Å². The van der Waals surface area contributed by atoms with Gasteiger partial charge in [0.25, 0.3) is 0 Å². The zero-order valence-electron chi connectivity index (χ0n) is 18.8. The third-order valence-corrected chi connectivity index (χ3v) is 5.94. The summed E-state index contributed by atoms with van der Waals surface area (Å²) in [5.74, 6) is 2.28. The molecule has 33 heavy (non-hydrogen) atoms. The summed E-state index contributed by atoms with van der Waals surface area (Å²) in [6.45, 7) is 1.30. The third kappa shape index (κ3) is 4.34. The predicted octanol–water partition coefficient (Wildman–Crippen LogP) is 4.82. The maximum atomic E-state index is 6.02. The largest absolute Gasteiger partial charge is 0.497 e. The molecule has 4 aromatic rings. The average molecular weight is 446 g/mol. The topological polar surface area (TPSA) is 83.3 Å². The van der Waals surface area contributed by atoms with Crippen LogP contribution in [0.3, 0.4) is 0 Å². The molecule has 1 unspecified atom stereocenters. The Morgan fingerprint density at radius 2 is 1.97 bits per heavy atom. The van der Waals surface area contributed by atoms with Crippen LogP contribution in [0.1, 0.15) is 31.1 Å². The number of aromatic nitrogens is 4. The van der Waals surface area contributed by atoms with Gasteiger partial charge in [0.1, 0.15) is 17.3 Å². The van der Waals surface area contributed by atoms with E-state index in [2.05, 4.69) is 21.5 Å². The Bertz CT molecular complexity index is 1240. The number of hydrogen-bond donors (Lipinski definition) is 1. The van der Waals surface area contributed by atoms with E-state index in [1.54, 1.807) is 26.6 Å². The molecule has 170 valence electrons. The smallest absolute Gasteiger partial charge is 0.150 e. The van der Waals surface area contributed by atoms with E-state index >= 15 is 0 Å². The molecule has 1 aliphatic rings. The molecule has 0 saturated carbocycles. The van der Waals surface area contributed by atoms with Crippen LogP contribution in [0, 0.1) is 0 Å². The number of anilines is 1. The number of rotatable bonds is 7. The van der Waals surface area contributed by atoms with Crippen molar-refractivity contribution in [2.24, 2.45) is 0 Å². The van der Waals surface area contributed by atoms with Crippen LogP contribution in [0.15, 0.2) is 55.0 Å². The van der Waals surface area contributed by atoms with Gasteiger partial charge in [0.2, 0.25) is 0 Å². The van der Waals surface area contributed by atoms with Gasteiger partial charge in [-0.2, -0.15) is 5.10 Å². The Labute approximate surface area is 192 Å². The van der Waals surface area contributed by atoms with Crippen molar-refractivity contribution < 1.29 is 14.2 Å². The normalized spacial score (nSPS) is 16.0. The van der Waals surface area contributed by atoms with Gasteiger partial charge >= 0.3 is 0 Å². The van der Waals surface area contributed by atoms with Crippen molar-refractivity contribution in [3.05, 3.63) is 60.6 Å². The van der Waals surface area contributed by atoms with Crippen LogP contribution in [0.2, 0.25) is 0 Å². The van der Waals surface area contributed by atoms with E-state index in [-0.39, 0.29) is 6.23 Å². The Morgan fingerprint density at radius 1 is 1.09 bits per heavy atom. The SMILES string of the molecule is COc1ccc(CNc2nc(-c3ccncc3)cc3c2cnn3C2CCCCO2)c(OC)c1. The van der Waals surface area contributed by atoms with Crippen LogP contribution in [0.25, 0.3) is 22.2 Å². The minimum Gasteiger partial charge on any atom is -0.497 e. The summed E-state index contributed by atoms with van der Waals surface area (Å²) in [5, 5.41) is 9.14. The first-order chi connectivity index (χ1) is 16.3. The first kappa shape index (κ1) is 21.2. The quantitative estimate of drug-likeness (QED) is 0.437. The highest BCUT2D eigenvalue weighted by Gasteiger charge is 2.21. The second-order valence-corrected chi connectivity index (χ2v) is 7.97. The van der Waals surface area contributed by atoms with E-state index in [9.17, 15) is 0 Å². The summed E-state index contributed by atoms with van der Waals surface area (Å²) >= 11 is 0. The molecule has 3 aromatic heterocycles. The van der Waals surface area contributed by atoms with Crippen LogP contribution >= 0.6 is 0 Å². The summed E-state index contributed by atoms with van der Waals surface area (Å²) in [4.78, 5) is 9.08. The highest BCUT2D eigenvalue weighted by Crippen LogP contribution is 2.33. The van der Waals surface area contributed by atoms with Crippen molar-refractivity contribution in [2.45, 2.75) is 32.0 Å². The molecule has 0 spiro atoms. The Kier molecular flexibility index (Phi) is 6.08. The number of benzene rings is 1. The second-order valence-electron chi connectivity index (χ2n) is 7.97. The third-order valence-electron chi connectivity index (χ3n) is 5.94. The molecule has 0 aliphatic carbocycles. The Balaban J connectivity index is 1.54. The molecule has 0 bridgehead atoms. The maximum Gasteiger partial charge on any atom is 0.150 e. The standard InChI is InChI=1S/C25H27N5O3/c1-31-19-7-6-18(23(13-19)32-2)15-27-25-20-16-28-30(24-5-3-4-12-33-24)22(20)14-21(29-25)17-8-10-26-11-9-17/h6-11,13-14,16,24H,3-5,12,15H2,1-2H3,(H,27,29). The fourth-order valence-electron chi connectivity index (χ4n) is 4.17. The number of ether oxygens (including phenoxy) is 3. The summed E-state index contributed by atoms with van der Waals surface area (Å²) in [6, 6.07) is 11.8. The number of hydrogen-bond acceptors (Lipinski definition) is 7. The summed E-state index contributed by atoms with van der Waals surface area (Å²) in [6.07, 6.45) is 8.54. The molecule has 1 saturated heterocycles. The van der Waals surface area contributed by atoms with E-state index < -0.39 is 0 Å². The molecule has 8 heteroatoms. The molecule has 4 heterocycles. The van der Waals surface area contributed by atoms with Gasteiger partial charge in [-0.25, -0.2) is 9.67 Å². The van der Waals surface area contributed by atoms with Gasteiger partial charge in [-0.05, 0) is 49.6 Å². The van der Waals surface area contributed by atoms with E-state index in [0.29, 0.717) is 6.54 Å². The molecular formula is C25H27N5O3. The lowest BCUT2D eigenvalue weighted by atomic mass is 10.1. The van der Waals surface area contributed by atoms with Crippen LogP contribution in [-0.4, -0.2) is 40.6 Å². The highest BCUT2D eigenvalue weighted by atomic mass is 16.5. The van der Waals surface area contributed by atoms with Gasteiger partial charge in [0, 0.05) is 42.7 Å². The number of pyridine rings is 2. The molecule has 8 nitrogen and oxygen atoms in total. The lowest BCUT2D eigenvalue weighted by Crippen LogP contribution is -2.19. The van der Waals surface area contributed by atoms with Crippen molar-refractivity contribution in [3.8, 4) is 22.8 Å². The fraction of sp³-hybridized carbons (Fsp3) is 0.320.